The first kappa shape index (κ1) is 30.0. The Morgan fingerprint density at radius 3 is 2.00 bits per heavy atom. The van der Waals surface area contributed by atoms with Crippen LogP contribution in [0.2, 0.25) is 15.1 Å². The molecule has 12 heteroatoms. The van der Waals surface area contributed by atoms with Gasteiger partial charge >= 0.3 is 0 Å². The molecule has 7 nitrogen and oxygen atoms in total. The summed E-state index contributed by atoms with van der Waals surface area (Å²) in [4.78, 5) is 38.7. The first-order valence-corrected chi connectivity index (χ1v) is 14.5. The van der Waals surface area contributed by atoms with Gasteiger partial charge in [0.1, 0.15) is 4.33 Å². The van der Waals surface area contributed by atoms with Crippen LogP contribution in [0.5, 0.6) is 0 Å². The van der Waals surface area contributed by atoms with E-state index in [9.17, 15) is 14.4 Å². The molecule has 0 heterocycles. The van der Waals surface area contributed by atoms with E-state index in [2.05, 4.69) is 16.0 Å². The quantitative estimate of drug-likeness (QED) is 0.205. The van der Waals surface area contributed by atoms with Crippen LogP contribution in [0, 0.1) is 11.3 Å². The van der Waals surface area contributed by atoms with Crippen molar-refractivity contribution in [2.24, 2.45) is 11.3 Å². The maximum absolute atomic E-state index is 13.1. The van der Waals surface area contributed by atoms with Gasteiger partial charge in [0.15, 0.2) is 0 Å². The highest BCUT2D eigenvalue weighted by Crippen LogP contribution is 2.65. The molecule has 5 rings (SSSR count). The Balaban J connectivity index is 1.23. The first-order valence-electron chi connectivity index (χ1n) is 12.6. The summed E-state index contributed by atoms with van der Waals surface area (Å²) in [7, 11) is 1.58. The molecule has 0 aromatic heterocycles. The number of ether oxygens (including phenoxy) is 1. The van der Waals surface area contributed by atoms with Crippen LogP contribution in [-0.2, 0) is 14.3 Å². The summed E-state index contributed by atoms with van der Waals surface area (Å²) < 4.78 is 3.82. The molecule has 2 aliphatic carbocycles. The van der Waals surface area contributed by atoms with Crippen LogP contribution in [0.4, 0.5) is 17.1 Å². The van der Waals surface area contributed by atoms with Gasteiger partial charge in [0.2, 0.25) is 11.8 Å². The summed E-state index contributed by atoms with van der Waals surface area (Å²) in [5.74, 6) is -2.28. The predicted octanol–water partition coefficient (Wildman–Crippen LogP) is 7.79. The third-order valence-electron chi connectivity index (χ3n) is 7.22. The molecule has 3 amide bonds. The molecule has 2 fully saturated rings. The molecule has 3 N–H and O–H groups in total. The predicted molar refractivity (Wildman–Crippen MR) is 164 cm³/mol. The number of nitrogens with one attached hydrogen (secondary N) is 3. The van der Waals surface area contributed by atoms with Gasteiger partial charge < -0.3 is 20.7 Å². The van der Waals surface area contributed by atoms with Gasteiger partial charge in [0.25, 0.3) is 5.91 Å². The molecule has 0 spiro atoms. The Bertz CT molecular complexity index is 1510. The maximum Gasteiger partial charge on any atom is 0.257 e. The number of hydrogen-bond acceptors (Lipinski definition) is 4. The van der Waals surface area contributed by atoms with Crippen molar-refractivity contribution in [3.8, 4) is 0 Å². The van der Waals surface area contributed by atoms with Crippen LogP contribution < -0.4 is 16.0 Å². The van der Waals surface area contributed by atoms with Crippen molar-refractivity contribution >= 4 is 92.8 Å². The van der Waals surface area contributed by atoms with E-state index in [1.54, 1.807) is 55.6 Å². The molecule has 3 aromatic carbocycles. The number of halogens is 5. The third-order valence-corrected chi connectivity index (χ3v) is 8.92. The van der Waals surface area contributed by atoms with Crippen LogP contribution in [-0.4, -0.2) is 35.8 Å². The van der Waals surface area contributed by atoms with Crippen molar-refractivity contribution in [3.63, 3.8) is 0 Å². The lowest BCUT2D eigenvalue weighted by molar-refractivity contribution is -0.123. The summed E-state index contributed by atoms with van der Waals surface area (Å²) in [6.07, 6.45) is 1.58. The lowest BCUT2D eigenvalue weighted by atomic mass is 10.1. The molecule has 2 atom stereocenters. The van der Waals surface area contributed by atoms with Crippen molar-refractivity contribution in [2.45, 2.75) is 23.1 Å². The van der Waals surface area contributed by atoms with Gasteiger partial charge in [-0.05, 0) is 79.1 Å². The molecule has 214 valence electrons. The third kappa shape index (κ3) is 6.46. The Labute approximate surface area is 261 Å². The number of hydrogen-bond donors (Lipinski definition) is 3. The zero-order valence-corrected chi connectivity index (χ0v) is 25.4. The highest BCUT2D eigenvalue weighted by molar-refractivity contribution is 6.53. The number of benzene rings is 3. The monoisotopic (exact) mass is 653 g/mol. The fourth-order valence-electron chi connectivity index (χ4n) is 4.78. The Morgan fingerprint density at radius 1 is 0.829 bits per heavy atom. The van der Waals surface area contributed by atoms with Crippen molar-refractivity contribution in [3.05, 3.63) is 86.9 Å². The molecule has 0 radical (unpaired) electrons. The van der Waals surface area contributed by atoms with E-state index in [4.69, 9.17) is 62.7 Å². The van der Waals surface area contributed by atoms with Crippen LogP contribution >= 0.6 is 58.0 Å². The lowest BCUT2D eigenvalue weighted by Gasteiger charge is -2.14. The van der Waals surface area contributed by atoms with Gasteiger partial charge in [-0.25, -0.2) is 0 Å². The summed E-state index contributed by atoms with van der Waals surface area (Å²) in [5, 5.41) is 9.44. The number of amides is 3. The van der Waals surface area contributed by atoms with Crippen molar-refractivity contribution in [1.82, 2.24) is 0 Å². The zero-order valence-electron chi connectivity index (χ0n) is 21.6. The molecule has 2 saturated carbocycles. The molecule has 0 saturated heterocycles. The summed E-state index contributed by atoms with van der Waals surface area (Å²) in [6.45, 7) is 0.379. The number of anilines is 3. The summed E-state index contributed by atoms with van der Waals surface area (Å²) in [5.41, 5.74) is 1.77. The van der Waals surface area contributed by atoms with E-state index in [1.165, 1.54) is 12.1 Å². The lowest BCUT2D eigenvalue weighted by Crippen LogP contribution is -2.27. The van der Waals surface area contributed by atoms with E-state index >= 15 is 0 Å². The van der Waals surface area contributed by atoms with Gasteiger partial charge in [-0.1, -0.05) is 34.8 Å². The Hall–Kier alpha value is -2.52. The summed E-state index contributed by atoms with van der Waals surface area (Å²) in [6, 6.07) is 16.2. The standard InChI is InChI=1S/C29H24Cl5N3O4/c1-41-14-28(8-9-28)27(40)37-19-4-2-18(3-5-19)35-25(38)21-13-20(6-7-22(21)32)36-26(39)24-23(29(24,33)34)15-10-16(30)12-17(31)11-15/h2-7,10-13,23-24H,8-9,14H2,1H3,(H,35,38)(H,36,39)(H,37,40)/t23-,24+/m1/s1. The van der Waals surface area contributed by atoms with E-state index < -0.39 is 33.4 Å². The minimum atomic E-state index is -1.35. The minimum Gasteiger partial charge on any atom is -0.384 e. The Kier molecular flexibility index (Phi) is 8.50. The van der Waals surface area contributed by atoms with Crippen LogP contribution in [0.1, 0.15) is 34.7 Å². The highest BCUT2D eigenvalue weighted by Gasteiger charge is 2.67. The van der Waals surface area contributed by atoms with Gasteiger partial charge in [0, 0.05) is 40.1 Å². The second-order valence-corrected chi connectivity index (χ2v) is 12.9. The largest absolute Gasteiger partial charge is 0.384 e. The van der Waals surface area contributed by atoms with Gasteiger partial charge in [-0.3, -0.25) is 14.4 Å². The molecular weight excluding hydrogens is 632 g/mol. The van der Waals surface area contributed by atoms with Crippen LogP contribution in [0.15, 0.2) is 60.7 Å². The minimum absolute atomic E-state index is 0.0868. The Morgan fingerprint density at radius 2 is 1.41 bits per heavy atom. The smallest absolute Gasteiger partial charge is 0.257 e. The zero-order chi connectivity index (χ0) is 29.5. The fraction of sp³-hybridized carbons (Fsp3) is 0.276. The molecule has 0 unspecified atom stereocenters. The molecule has 0 bridgehead atoms. The number of alkyl halides is 2. The average molecular weight is 656 g/mol. The average Bonchev–Trinajstić information content (AvgIpc) is 3.80. The fourth-order valence-corrected chi connectivity index (χ4v) is 6.36. The first-order chi connectivity index (χ1) is 19.4. The number of carbonyl (C=O) groups excluding carboxylic acids is 3. The molecule has 2 aliphatic rings. The molecular formula is C29H24Cl5N3O4. The van der Waals surface area contributed by atoms with Crippen molar-refractivity contribution < 1.29 is 19.1 Å². The van der Waals surface area contributed by atoms with Crippen molar-refractivity contribution in [2.75, 3.05) is 29.7 Å². The number of rotatable bonds is 9. The van der Waals surface area contributed by atoms with E-state index in [0.29, 0.717) is 39.3 Å². The topological polar surface area (TPSA) is 96.5 Å². The second-order valence-electron chi connectivity index (χ2n) is 10.2. The molecule has 3 aromatic rings. The van der Waals surface area contributed by atoms with Gasteiger partial charge in [-0.2, -0.15) is 0 Å². The molecule has 0 aliphatic heterocycles. The summed E-state index contributed by atoms with van der Waals surface area (Å²) >= 11 is 31.4. The van der Waals surface area contributed by atoms with Crippen LogP contribution in [0.3, 0.4) is 0 Å². The normalized spacial score (nSPS) is 19.7. The van der Waals surface area contributed by atoms with Crippen molar-refractivity contribution in [1.29, 1.82) is 0 Å². The van der Waals surface area contributed by atoms with Crippen LogP contribution in [0.25, 0.3) is 0 Å². The second kappa shape index (κ2) is 11.6. The van der Waals surface area contributed by atoms with E-state index in [1.807, 2.05) is 0 Å². The van der Waals surface area contributed by atoms with E-state index in [0.717, 1.165) is 12.8 Å². The molecule has 41 heavy (non-hydrogen) atoms. The number of methoxy groups -OCH3 is 1. The van der Waals surface area contributed by atoms with E-state index in [-0.39, 0.29) is 16.5 Å². The number of carbonyl (C=O) groups is 3. The maximum atomic E-state index is 13.1. The van der Waals surface area contributed by atoms with Gasteiger partial charge in [-0.15, -0.1) is 23.2 Å². The van der Waals surface area contributed by atoms with Gasteiger partial charge in [0.05, 0.1) is 28.5 Å². The SMILES string of the molecule is COCC1(C(=O)Nc2ccc(NC(=O)c3cc(NC(=O)[C@@H]4[C@@H](c5cc(Cl)cc(Cl)c5)C4(Cl)Cl)ccc3Cl)cc2)CC1. The highest BCUT2D eigenvalue weighted by atomic mass is 35.5.